The van der Waals surface area contributed by atoms with Gasteiger partial charge in [-0.1, -0.05) is 12.5 Å². The number of aryl methyl sites for hydroxylation is 1. The SMILES string of the molecule is NNC(CCc1cccs1)C1CCCCS1. The van der Waals surface area contributed by atoms with Crippen LogP contribution in [0.1, 0.15) is 30.6 Å². The van der Waals surface area contributed by atoms with Crippen molar-refractivity contribution in [3.05, 3.63) is 22.4 Å². The molecule has 0 radical (unpaired) electrons. The number of thioether (sulfide) groups is 1. The van der Waals surface area contributed by atoms with Crippen LogP contribution in [-0.4, -0.2) is 17.0 Å². The third kappa shape index (κ3) is 3.48. The summed E-state index contributed by atoms with van der Waals surface area (Å²) < 4.78 is 0. The largest absolute Gasteiger partial charge is 0.271 e. The van der Waals surface area contributed by atoms with Crippen LogP contribution in [0.4, 0.5) is 0 Å². The Hall–Kier alpha value is -0.0300. The number of nitrogens with two attached hydrogens (primary N) is 1. The van der Waals surface area contributed by atoms with Gasteiger partial charge in [0, 0.05) is 16.2 Å². The molecule has 3 N–H and O–H groups in total. The Labute approximate surface area is 106 Å². The molecule has 1 saturated heterocycles. The molecule has 0 amide bonds. The topological polar surface area (TPSA) is 38.0 Å². The molecule has 2 nitrogen and oxygen atoms in total. The molecule has 1 fully saturated rings. The lowest BCUT2D eigenvalue weighted by atomic mass is 10.0. The number of hydrogen-bond donors (Lipinski definition) is 2. The summed E-state index contributed by atoms with van der Waals surface area (Å²) in [6.45, 7) is 0. The summed E-state index contributed by atoms with van der Waals surface area (Å²) in [4.78, 5) is 1.47. The van der Waals surface area contributed by atoms with E-state index in [0.717, 1.165) is 18.1 Å². The molecule has 0 aliphatic carbocycles. The molecule has 0 bridgehead atoms. The Bertz CT molecular complexity index is 281. The fourth-order valence-corrected chi connectivity index (χ4v) is 4.39. The molecule has 90 valence electrons. The minimum absolute atomic E-state index is 0.479. The van der Waals surface area contributed by atoms with E-state index in [-0.39, 0.29) is 0 Å². The predicted octanol–water partition coefficient (Wildman–Crippen LogP) is 2.80. The van der Waals surface area contributed by atoms with Crippen molar-refractivity contribution in [2.24, 2.45) is 5.84 Å². The average molecular weight is 256 g/mol. The molecule has 1 aromatic heterocycles. The predicted molar refractivity (Wildman–Crippen MR) is 73.8 cm³/mol. The van der Waals surface area contributed by atoms with Gasteiger partial charge in [0.05, 0.1) is 0 Å². The summed E-state index contributed by atoms with van der Waals surface area (Å²) in [5.41, 5.74) is 3.02. The summed E-state index contributed by atoms with van der Waals surface area (Å²) in [7, 11) is 0. The van der Waals surface area contributed by atoms with Crippen LogP contribution < -0.4 is 11.3 Å². The molecule has 0 spiro atoms. The standard InChI is InChI=1S/C12H20N2S2/c13-14-11(12-5-1-2-8-16-12)7-6-10-4-3-9-15-10/h3-4,9,11-12,14H,1-2,5-8,13H2. The van der Waals surface area contributed by atoms with Gasteiger partial charge in [-0.2, -0.15) is 11.8 Å². The molecule has 4 heteroatoms. The average Bonchev–Trinajstić information content (AvgIpc) is 2.84. The molecule has 1 aliphatic rings. The van der Waals surface area contributed by atoms with Gasteiger partial charge in [0.1, 0.15) is 0 Å². The molecule has 16 heavy (non-hydrogen) atoms. The zero-order chi connectivity index (χ0) is 11.2. The van der Waals surface area contributed by atoms with E-state index in [9.17, 15) is 0 Å². The van der Waals surface area contributed by atoms with Gasteiger partial charge in [0.15, 0.2) is 0 Å². The van der Waals surface area contributed by atoms with Gasteiger partial charge >= 0.3 is 0 Å². The van der Waals surface area contributed by atoms with E-state index in [1.54, 1.807) is 0 Å². The molecule has 0 saturated carbocycles. The van der Waals surface area contributed by atoms with Crippen molar-refractivity contribution in [1.29, 1.82) is 0 Å². The van der Waals surface area contributed by atoms with Crippen molar-refractivity contribution in [3.63, 3.8) is 0 Å². The summed E-state index contributed by atoms with van der Waals surface area (Å²) >= 11 is 3.94. The zero-order valence-electron chi connectivity index (χ0n) is 9.52. The first-order valence-electron chi connectivity index (χ1n) is 6.00. The fourth-order valence-electron chi connectivity index (χ4n) is 2.21. The molecule has 2 heterocycles. The van der Waals surface area contributed by atoms with E-state index in [1.807, 2.05) is 11.3 Å². The van der Waals surface area contributed by atoms with E-state index in [0.29, 0.717) is 6.04 Å². The Kier molecular flexibility index (Phi) is 5.16. The number of nitrogens with one attached hydrogen (secondary N) is 1. The minimum Gasteiger partial charge on any atom is -0.271 e. The van der Waals surface area contributed by atoms with Crippen molar-refractivity contribution in [1.82, 2.24) is 5.43 Å². The smallest absolute Gasteiger partial charge is 0.0332 e. The summed E-state index contributed by atoms with van der Waals surface area (Å²) in [6.07, 6.45) is 6.39. The maximum absolute atomic E-state index is 5.68. The maximum Gasteiger partial charge on any atom is 0.0332 e. The zero-order valence-corrected chi connectivity index (χ0v) is 11.2. The van der Waals surface area contributed by atoms with Gasteiger partial charge in [-0.25, -0.2) is 0 Å². The van der Waals surface area contributed by atoms with Crippen molar-refractivity contribution < 1.29 is 0 Å². The van der Waals surface area contributed by atoms with Gasteiger partial charge < -0.3 is 0 Å². The summed E-state index contributed by atoms with van der Waals surface area (Å²) in [6, 6.07) is 4.82. The molecular weight excluding hydrogens is 236 g/mol. The van der Waals surface area contributed by atoms with Crippen LogP contribution in [0.2, 0.25) is 0 Å². The monoisotopic (exact) mass is 256 g/mol. The molecule has 0 aromatic carbocycles. The lowest BCUT2D eigenvalue weighted by Gasteiger charge is -2.29. The second-order valence-corrected chi connectivity index (χ2v) is 6.68. The van der Waals surface area contributed by atoms with Crippen LogP contribution in [0.5, 0.6) is 0 Å². The number of hydrogen-bond acceptors (Lipinski definition) is 4. The molecule has 1 aliphatic heterocycles. The summed E-state index contributed by atoms with van der Waals surface area (Å²) in [5.74, 6) is 6.99. The first-order valence-corrected chi connectivity index (χ1v) is 7.93. The highest BCUT2D eigenvalue weighted by atomic mass is 32.2. The highest BCUT2D eigenvalue weighted by Gasteiger charge is 2.22. The van der Waals surface area contributed by atoms with Crippen molar-refractivity contribution in [2.45, 2.75) is 43.4 Å². The highest BCUT2D eigenvalue weighted by Crippen LogP contribution is 2.29. The second-order valence-electron chi connectivity index (χ2n) is 4.30. The van der Waals surface area contributed by atoms with Crippen molar-refractivity contribution >= 4 is 23.1 Å². The van der Waals surface area contributed by atoms with Crippen LogP contribution in [0.25, 0.3) is 0 Å². The number of rotatable bonds is 5. The number of hydrazine groups is 1. The Balaban J connectivity index is 1.80. The molecular formula is C12H20N2S2. The van der Waals surface area contributed by atoms with E-state index in [2.05, 4.69) is 34.7 Å². The molecule has 1 aromatic rings. The van der Waals surface area contributed by atoms with E-state index < -0.39 is 0 Å². The van der Waals surface area contributed by atoms with Crippen LogP contribution in [0.15, 0.2) is 17.5 Å². The Morgan fingerprint density at radius 3 is 3.06 bits per heavy atom. The Morgan fingerprint density at radius 2 is 2.44 bits per heavy atom. The normalized spacial score (nSPS) is 23.2. The van der Waals surface area contributed by atoms with Gasteiger partial charge in [-0.15, -0.1) is 11.3 Å². The van der Waals surface area contributed by atoms with Gasteiger partial charge in [0.25, 0.3) is 0 Å². The fraction of sp³-hybridized carbons (Fsp3) is 0.667. The van der Waals surface area contributed by atoms with E-state index >= 15 is 0 Å². The van der Waals surface area contributed by atoms with Crippen LogP contribution in [0.3, 0.4) is 0 Å². The van der Waals surface area contributed by atoms with Crippen LogP contribution in [0, 0.1) is 0 Å². The molecule has 2 rings (SSSR count). The van der Waals surface area contributed by atoms with Gasteiger partial charge in [-0.3, -0.25) is 11.3 Å². The lowest BCUT2D eigenvalue weighted by Crippen LogP contribution is -2.43. The Morgan fingerprint density at radius 1 is 1.50 bits per heavy atom. The third-order valence-electron chi connectivity index (χ3n) is 3.16. The first-order chi connectivity index (χ1) is 7.90. The van der Waals surface area contributed by atoms with Crippen LogP contribution in [-0.2, 0) is 6.42 Å². The third-order valence-corrected chi connectivity index (χ3v) is 5.61. The first kappa shape index (κ1) is 12.4. The van der Waals surface area contributed by atoms with Crippen LogP contribution >= 0.6 is 23.1 Å². The lowest BCUT2D eigenvalue weighted by molar-refractivity contribution is 0.450. The molecule has 2 atom stereocenters. The van der Waals surface area contributed by atoms with E-state index in [1.165, 1.54) is 29.9 Å². The minimum atomic E-state index is 0.479. The highest BCUT2D eigenvalue weighted by molar-refractivity contribution is 8.00. The van der Waals surface area contributed by atoms with Crippen molar-refractivity contribution in [2.75, 3.05) is 5.75 Å². The molecule has 2 unspecified atom stereocenters. The maximum atomic E-state index is 5.68. The number of thiophene rings is 1. The van der Waals surface area contributed by atoms with Gasteiger partial charge in [0.2, 0.25) is 0 Å². The van der Waals surface area contributed by atoms with Crippen molar-refractivity contribution in [3.8, 4) is 0 Å². The van der Waals surface area contributed by atoms with E-state index in [4.69, 9.17) is 5.84 Å². The quantitative estimate of drug-likeness (QED) is 0.628. The summed E-state index contributed by atoms with van der Waals surface area (Å²) in [5, 5.41) is 2.87. The second kappa shape index (κ2) is 6.64. The van der Waals surface area contributed by atoms with Gasteiger partial charge in [-0.05, 0) is 42.9 Å².